The minimum absolute atomic E-state index is 0.160. The van der Waals surface area contributed by atoms with E-state index in [1.165, 1.54) is 0 Å². The van der Waals surface area contributed by atoms with Crippen LogP contribution in [-0.2, 0) is 21.8 Å². The van der Waals surface area contributed by atoms with Crippen LogP contribution in [0.3, 0.4) is 0 Å². The molecule has 1 atom stereocenters. The summed E-state index contributed by atoms with van der Waals surface area (Å²) in [4.78, 5) is 13.0. The molecule has 0 radical (unpaired) electrons. The number of aryl methyl sites for hydroxylation is 1. The van der Waals surface area contributed by atoms with Gasteiger partial charge in [-0.2, -0.15) is 0 Å². The molecule has 2 aromatic carbocycles. The molecule has 3 aromatic rings. The number of ketones is 1. The summed E-state index contributed by atoms with van der Waals surface area (Å²) in [6, 6.07) is 19.4. The highest BCUT2D eigenvalue weighted by Crippen LogP contribution is 2.36. The predicted molar refractivity (Wildman–Crippen MR) is 106 cm³/mol. The van der Waals surface area contributed by atoms with Crippen molar-refractivity contribution in [3.63, 3.8) is 0 Å². The number of hydrogen-bond acceptors (Lipinski definition) is 3. The molecule has 3 rings (SSSR count). The fraction of sp³-hybridized carbons (Fsp3) is 0.190. The number of hydrogen-bond donors (Lipinski definition) is 1. The molecule has 1 heterocycles. The Hall–Kier alpha value is -2.70. The third kappa shape index (κ3) is 3.11. The van der Waals surface area contributed by atoms with E-state index in [4.69, 9.17) is 5.14 Å². The highest BCUT2D eigenvalue weighted by atomic mass is 32.2. The number of rotatable bonds is 5. The lowest BCUT2D eigenvalue weighted by molar-refractivity contribution is 0.103. The summed E-state index contributed by atoms with van der Waals surface area (Å²) in [6.07, 6.45) is 0. The number of carbonyl (C=O) groups excluding carboxylic acids is 1. The highest BCUT2D eigenvalue weighted by Gasteiger charge is 2.43. The first-order valence-corrected chi connectivity index (χ1v) is 10.1. The first-order chi connectivity index (χ1) is 12.7. The Morgan fingerprint density at radius 2 is 1.56 bits per heavy atom. The van der Waals surface area contributed by atoms with E-state index in [1.807, 2.05) is 31.2 Å². The van der Waals surface area contributed by atoms with Crippen molar-refractivity contribution in [1.29, 1.82) is 0 Å². The van der Waals surface area contributed by atoms with Gasteiger partial charge in [-0.15, -0.1) is 0 Å². The molecule has 1 aromatic heterocycles. The van der Waals surface area contributed by atoms with E-state index in [0.29, 0.717) is 22.5 Å². The number of nitrogens with two attached hydrogens (primary N) is 1. The van der Waals surface area contributed by atoms with Crippen LogP contribution in [-0.4, -0.2) is 18.8 Å². The van der Waals surface area contributed by atoms with Crippen molar-refractivity contribution in [2.24, 2.45) is 12.2 Å². The van der Waals surface area contributed by atoms with E-state index < -0.39 is 14.8 Å². The van der Waals surface area contributed by atoms with Gasteiger partial charge in [-0.05, 0) is 37.1 Å². The lowest BCUT2D eigenvalue weighted by Gasteiger charge is -2.29. The van der Waals surface area contributed by atoms with Gasteiger partial charge in [0.05, 0.1) is 5.69 Å². The summed E-state index contributed by atoms with van der Waals surface area (Å²) < 4.78 is 25.3. The van der Waals surface area contributed by atoms with E-state index in [9.17, 15) is 13.2 Å². The number of benzene rings is 2. The molecule has 140 valence electrons. The van der Waals surface area contributed by atoms with Gasteiger partial charge in [0.15, 0.2) is 0 Å². The highest BCUT2D eigenvalue weighted by molar-refractivity contribution is 7.90. The first kappa shape index (κ1) is 19.1. The molecule has 0 fully saturated rings. The molecule has 2 N–H and O–H groups in total. The summed E-state index contributed by atoms with van der Waals surface area (Å²) >= 11 is 0. The standard InChI is InChI=1S/C21H22N2O3S/c1-15-9-7-8-12-17(15)20(24)18-13-14-19(23(18)3)21(2,27(22,25)26)16-10-5-4-6-11-16/h4-14H,1-3H3,(H2,22,25,26). The molecule has 5 nitrogen and oxygen atoms in total. The van der Waals surface area contributed by atoms with Crippen LogP contribution in [0.5, 0.6) is 0 Å². The lowest BCUT2D eigenvalue weighted by atomic mass is 9.96. The number of primary sulfonamides is 1. The number of sulfonamides is 1. The molecule has 0 bridgehead atoms. The lowest BCUT2D eigenvalue weighted by Crippen LogP contribution is -2.40. The second-order valence-corrected chi connectivity index (χ2v) is 8.66. The van der Waals surface area contributed by atoms with E-state index in [-0.39, 0.29) is 5.78 Å². The zero-order valence-electron chi connectivity index (χ0n) is 15.5. The third-order valence-corrected chi connectivity index (χ3v) is 6.71. The molecule has 6 heteroatoms. The summed E-state index contributed by atoms with van der Waals surface area (Å²) in [7, 11) is -2.32. The summed E-state index contributed by atoms with van der Waals surface area (Å²) in [5, 5.41) is 5.64. The maximum absolute atomic E-state index is 13.0. The second kappa shape index (κ2) is 6.79. The van der Waals surface area contributed by atoms with Crippen LogP contribution in [0.2, 0.25) is 0 Å². The normalized spacial score (nSPS) is 13.9. The molecule has 0 aliphatic carbocycles. The van der Waals surface area contributed by atoms with E-state index >= 15 is 0 Å². The SMILES string of the molecule is Cc1ccccc1C(=O)c1ccc(C(C)(c2ccccc2)S(N)(=O)=O)n1C. The van der Waals surface area contributed by atoms with Gasteiger partial charge in [0.25, 0.3) is 0 Å². The predicted octanol–water partition coefficient (Wildman–Crippen LogP) is 3.12. The maximum Gasteiger partial charge on any atom is 0.224 e. The Kier molecular flexibility index (Phi) is 4.80. The van der Waals surface area contributed by atoms with Gasteiger partial charge in [0.1, 0.15) is 4.75 Å². The van der Waals surface area contributed by atoms with Crippen molar-refractivity contribution in [3.05, 3.63) is 94.8 Å². The van der Waals surface area contributed by atoms with Crippen LogP contribution < -0.4 is 5.14 Å². The molecule has 0 spiro atoms. The molecule has 0 saturated heterocycles. The fourth-order valence-corrected chi connectivity index (χ4v) is 4.36. The zero-order chi connectivity index (χ0) is 19.8. The van der Waals surface area contributed by atoms with E-state index in [2.05, 4.69) is 0 Å². The fourth-order valence-electron chi connectivity index (χ4n) is 3.40. The Bertz CT molecular complexity index is 1100. The van der Waals surface area contributed by atoms with Crippen LogP contribution >= 0.6 is 0 Å². The molecule has 0 aliphatic heterocycles. The molecule has 0 aliphatic rings. The van der Waals surface area contributed by atoms with Crippen molar-refractivity contribution in [3.8, 4) is 0 Å². The van der Waals surface area contributed by atoms with E-state index in [1.54, 1.807) is 61.0 Å². The van der Waals surface area contributed by atoms with Crippen molar-refractivity contribution in [1.82, 2.24) is 4.57 Å². The molecule has 27 heavy (non-hydrogen) atoms. The minimum atomic E-state index is -4.01. The van der Waals surface area contributed by atoms with Gasteiger partial charge in [0, 0.05) is 18.3 Å². The van der Waals surface area contributed by atoms with E-state index in [0.717, 1.165) is 5.56 Å². The Labute approximate surface area is 159 Å². The second-order valence-electron chi connectivity index (χ2n) is 6.75. The van der Waals surface area contributed by atoms with Gasteiger partial charge in [-0.25, -0.2) is 13.6 Å². The van der Waals surface area contributed by atoms with Gasteiger partial charge >= 0.3 is 0 Å². The minimum Gasteiger partial charge on any atom is -0.343 e. The van der Waals surface area contributed by atoms with Gasteiger partial charge in [-0.3, -0.25) is 4.79 Å². The quantitative estimate of drug-likeness (QED) is 0.688. The Balaban J connectivity index is 2.19. The van der Waals surface area contributed by atoms with Crippen LogP contribution in [0.1, 0.15) is 39.8 Å². The molecule has 0 saturated carbocycles. The summed E-state index contributed by atoms with van der Waals surface area (Å²) in [6.45, 7) is 3.44. The van der Waals surface area contributed by atoms with Crippen LogP contribution in [0.25, 0.3) is 0 Å². The molecule has 1 unspecified atom stereocenters. The van der Waals surface area contributed by atoms with Crippen LogP contribution in [0.4, 0.5) is 0 Å². The smallest absolute Gasteiger partial charge is 0.224 e. The van der Waals surface area contributed by atoms with Crippen molar-refractivity contribution >= 4 is 15.8 Å². The topological polar surface area (TPSA) is 82.2 Å². The number of aromatic nitrogens is 1. The molecular weight excluding hydrogens is 360 g/mol. The monoisotopic (exact) mass is 382 g/mol. The average Bonchev–Trinajstić information content (AvgIpc) is 3.02. The Morgan fingerprint density at radius 3 is 2.15 bits per heavy atom. The van der Waals surface area contributed by atoms with Crippen LogP contribution in [0.15, 0.2) is 66.7 Å². The molecular formula is C21H22N2O3S. The van der Waals surface area contributed by atoms with Gasteiger partial charge in [0.2, 0.25) is 15.8 Å². The third-order valence-electron chi connectivity index (χ3n) is 5.13. The first-order valence-electron chi connectivity index (χ1n) is 8.52. The molecule has 0 amide bonds. The Morgan fingerprint density at radius 1 is 0.963 bits per heavy atom. The summed E-state index contributed by atoms with van der Waals surface area (Å²) in [5.41, 5.74) is 2.84. The van der Waals surface area contributed by atoms with Crippen molar-refractivity contribution < 1.29 is 13.2 Å². The van der Waals surface area contributed by atoms with Gasteiger partial charge in [-0.1, -0.05) is 54.6 Å². The zero-order valence-corrected chi connectivity index (χ0v) is 16.3. The summed E-state index contributed by atoms with van der Waals surface area (Å²) in [5.74, 6) is -0.160. The van der Waals surface area contributed by atoms with Gasteiger partial charge < -0.3 is 4.57 Å². The average molecular weight is 382 g/mol. The number of carbonyl (C=O) groups is 1. The largest absolute Gasteiger partial charge is 0.343 e. The van der Waals surface area contributed by atoms with Crippen molar-refractivity contribution in [2.75, 3.05) is 0 Å². The maximum atomic E-state index is 13.0. The number of nitrogens with zero attached hydrogens (tertiary/aromatic N) is 1. The van der Waals surface area contributed by atoms with Crippen LogP contribution in [0, 0.1) is 6.92 Å². The van der Waals surface area contributed by atoms with Crippen molar-refractivity contribution in [2.45, 2.75) is 18.6 Å².